The van der Waals surface area contributed by atoms with Crippen LogP contribution in [0.2, 0.25) is 0 Å². The summed E-state index contributed by atoms with van der Waals surface area (Å²) in [4.78, 5) is 21.5. The minimum absolute atomic E-state index is 0.206. The predicted octanol–water partition coefficient (Wildman–Crippen LogP) is 25.5. The number of para-hydroxylation sites is 1. The number of ether oxygens (including phenoxy) is 2. The minimum Gasteiger partial charge on any atom is -0.457 e. The SMILES string of the molecule is CC1(C)c2ccccc2-c2ccc(-c3cc(-c4cccc(-c5ccc6c(c5)Oc5cc(-c7cccc(-c8nc(-c9ccccc9)cc(-c9ccccc9)n8)c7)ccc5C65c6ccccc6-c6ccccc65)c4)nc(-c4ccc(-c5ccc6c(c5)Oc5ccccc5C65c6ccccc6-c6ccccc65)cc4)n3)cc21. The lowest BCUT2D eigenvalue weighted by Crippen LogP contribution is -2.32. The molecule has 0 radical (unpaired) electrons. The van der Waals surface area contributed by atoms with Gasteiger partial charge in [0.15, 0.2) is 11.6 Å². The van der Waals surface area contributed by atoms with Crippen molar-refractivity contribution in [3.05, 3.63) is 420 Å². The van der Waals surface area contributed by atoms with Crippen LogP contribution < -0.4 is 9.47 Å². The molecule has 0 saturated heterocycles. The molecule has 109 heavy (non-hydrogen) atoms. The Kier molecular flexibility index (Phi) is 13.8. The Hall–Kier alpha value is -13.9. The number of aromatic nitrogens is 4. The Bertz CT molecular complexity index is 6510. The molecule has 0 fully saturated rings. The molecule has 0 atom stereocenters. The van der Waals surface area contributed by atoms with Crippen LogP contribution in [0, 0.1) is 0 Å². The molecule has 15 aromatic carbocycles. The predicted molar refractivity (Wildman–Crippen MR) is 439 cm³/mol. The summed E-state index contributed by atoms with van der Waals surface area (Å²) in [6, 6.07) is 131. The van der Waals surface area contributed by atoms with Crippen molar-refractivity contribution in [2.24, 2.45) is 0 Å². The van der Waals surface area contributed by atoms with Gasteiger partial charge in [0.2, 0.25) is 0 Å². The van der Waals surface area contributed by atoms with Gasteiger partial charge in [0.25, 0.3) is 0 Å². The van der Waals surface area contributed by atoms with Gasteiger partial charge in [0, 0.05) is 61.0 Å². The summed E-state index contributed by atoms with van der Waals surface area (Å²) in [7, 11) is 0. The number of nitrogens with zero attached hydrogens (tertiary/aromatic N) is 4. The zero-order valence-corrected chi connectivity index (χ0v) is 59.7. The topological polar surface area (TPSA) is 70.0 Å². The fourth-order valence-electron chi connectivity index (χ4n) is 18.6. The van der Waals surface area contributed by atoms with Gasteiger partial charge in [-0.2, -0.15) is 0 Å². The fraction of sp³-hybridized carbons (Fsp3) is 0.0485. The van der Waals surface area contributed by atoms with Crippen molar-refractivity contribution in [3.63, 3.8) is 0 Å². The molecule has 2 aliphatic heterocycles. The Balaban J connectivity index is 0.645. The number of fused-ring (bicyclic) bond motifs is 21. The number of hydrogen-bond donors (Lipinski definition) is 0. The zero-order valence-electron chi connectivity index (χ0n) is 59.7. The third-order valence-electron chi connectivity index (χ3n) is 23.7. The van der Waals surface area contributed by atoms with Crippen molar-refractivity contribution < 1.29 is 9.47 Å². The lowest BCUT2D eigenvalue weighted by Gasteiger charge is -2.39. The first-order valence-electron chi connectivity index (χ1n) is 37.5. The molecule has 0 bridgehead atoms. The second-order valence-corrected chi connectivity index (χ2v) is 29.8. The Morgan fingerprint density at radius 3 is 0.982 bits per heavy atom. The summed E-state index contributed by atoms with van der Waals surface area (Å²) in [6.07, 6.45) is 0. The molecule has 2 aromatic heterocycles. The molecule has 0 saturated carbocycles. The molecule has 6 nitrogen and oxygen atoms in total. The molecule has 0 unspecified atom stereocenters. The summed E-state index contributed by atoms with van der Waals surface area (Å²) < 4.78 is 14.4. The summed E-state index contributed by atoms with van der Waals surface area (Å²) >= 11 is 0. The Morgan fingerprint density at radius 2 is 0.486 bits per heavy atom. The first-order chi connectivity index (χ1) is 53.7. The molecule has 3 aliphatic carbocycles. The van der Waals surface area contributed by atoms with E-state index in [4.69, 9.17) is 29.4 Å². The number of hydrogen-bond acceptors (Lipinski definition) is 6. The van der Waals surface area contributed by atoms with Crippen molar-refractivity contribution in [1.29, 1.82) is 0 Å². The smallest absolute Gasteiger partial charge is 0.160 e. The van der Waals surface area contributed by atoms with E-state index in [1.165, 1.54) is 66.8 Å². The van der Waals surface area contributed by atoms with Crippen molar-refractivity contribution >= 4 is 0 Å². The highest BCUT2D eigenvalue weighted by atomic mass is 16.5. The average Bonchev–Trinajstić information content (AvgIpc) is 1.55. The summed E-state index contributed by atoms with van der Waals surface area (Å²) in [5.74, 6) is 4.60. The Morgan fingerprint density at radius 1 is 0.183 bits per heavy atom. The van der Waals surface area contributed by atoms with Gasteiger partial charge in [-0.3, -0.25) is 0 Å². The highest BCUT2D eigenvalue weighted by Gasteiger charge is 2.53. The van der Waals surface area contributed by atoms with Gasteiger partial charge in [0.1, 0.15) is 23.0 Å². The lowest BCUT2D eigenvalue weighted by molar-refractivity contribution is 0.436. The molecule has 17 aromatic rings. The van der Waals surface area contributed by atoms with Crippen LogP contribution in [0.3, 0.4) is 0 Å². The van der Waals surface area contributed by atoms with Crippen LogP contribution in [0.5, 0.6) is 23.0 Å². The van der Waals surface area contributed by atoms with Crippen LogP contribution in [0.4, 0.5) is 0 Å². The van der Waals surface area contributed by atoms with E-state index in [0.29, 0.717) is 11.6 Å². The van der Waals surface area contributed by atoms with Crippen LogP contribution >= 0.6 is 0 Å². The van der Waals surface area contributed by atoms with E-state index in [9.17, 15) is 0 Å². The summed E-state index contributed by atoms with van der Waals surface area (Å²) in [5, 5.41) is 0. The molecule has 5 aliphatic rings. The van der Waals surface area contributed by atoms with Gasteiger partial charge in [-0.15, -0.1) is 0 Å². The highest BCUT2D eigenvalue weighted by Crippen LogP contribution is 2.65. The van der Waals surface area contributed by atoms with Gasteiger partial charge in [-0.25, -0.2) is 19.9 Å². The zero-order chi connectivity index (χ0) is 72.1. The molecular formula is C103H66N4O2. The van der Waals surface area contributed by atoms with Crippen molar-refractivity contribution in [3.8, 4) is 158 Å². The third kappa shape index (κ3) is 9.47. The second-order valence-electron chi connectivity index (χ2n) is 29.8. The fourth-order valence-corrected chi connectivity index (χ4v) is 18.6. The van der Waals surface area contributed by atoms with Crippen LogP contribution in [-0.2, 0) is 16.2 Å². The van der Waals surface area contributed by atoms with E-state index < -0.39 is 10.8 Å². The molecule has 510 valence electrons. The van der Waals surface area contributed by atoms with Crippen LogP contribution in [0.25, 0.3) is 135 Å². The number of rotatable bonds is 9. The van der Waals surface area contributed by atoms with E-state index in [2.05, 4.69) is 366 Å². The van der Waals surface area contributed by atoms with E-state index in [0.717, 1.165) is 135 Å². The van der Waals surface area contributed by atoms with Gasteiger partial charge in [0.05, 0.1) is 33.6 Å². The van der Waals surface area contributed by atoms with Crippen LogP contribution in [-0.4, -0.2) is 19.9 Å². The largest absolute Gasteiger partial charge is 0.457 e. The maximum Gasteiger partial charge on any atom is 0.160 e. The van der Waals surface area contributed by atoms with Crippen molar-refractivity contribution in [2.75, 3.05) is 0 Å². The highest BCUT2D eigenvalue weighted by molar-refractivity contribution is 5.93. The van der Waals surface area contributed by atoms with E-state index in [-0.39, 0.29) is 5.41 Å². The monoisotopic (exact) mass is 1390 g/mol. The molecular weight excluding hydrogens is 1330 g/mol. The van der Waals surface area contributed by atoms with Crippen LogP contribution in [0.1, 0.15) is 69.5 Å². The second kappa shape index (κ2) is 24.0. The van der Waals surface area contributed by atoms with Crippen LogP contribution in [0.15, 0.2) is 364 Å². The average molecular weight is 1390 g/mol. The minimum atomic E-state index is -0.681. The quantitative estimate of drug-likeness (QED) is 0.143. The summed E-state index contributed by atoms with van der Waals surface area (Å²) in [6.45, 7) is 4.67. The van der Waals surface area contributed by atoms with Gasteiger partial charge in [-0.1, -0.05) is 323 Å². The molecule has 4 heterocycles. The van der Waals surface area contributed by atoms with E-state index in [1.54, 1.807) is 0 Å². The van der Waals surface area contributed by atoms with Gasteiger partial charge >= 0.3 is 0 Å². The van der Waals surface area contributed by atoms with Gasteiger partial charge in [-0.05, 0) is 155 Å². The first kappa shape index (κ1) is 62.4. The third-order valence-corrected chi connectivity index (χ3v) is 23.7. The normalized spacial score (nSPS) is 14.0. The van der Waals surface area contributed by atoms with E-state index >= 15 is 0 Å². The first-order valence-corrected chi connectivity index (χ1v) is 37.5. The maximum atomic E-state index is 7.44. The van der Waals surface area contributed by atoms with Crippen molar-refractivity contribution in [1.82, 2.24) is 19.9 Å². The molecule has 2 spiro atoms. The van der Waals surface area contributed by atoms with Crippen molar-refractivity contribution in [2.45, 2.75) is 30.1 Å². The molecule has 6 heteroatoms. The molecule has 22 rings (SSSR count). The standard InChI is InChI=1S/C103H66N4O2/c1-101(2)81-36-14-9-31-75(81)80-51-47-73(57-90(80)101)94-62-93(106-99(107-94)66-45-43-63(44-46-66)69-48-52-87-96(58-69)108-95-42-20-19-41-86(95)102(87)82-37-15-10-32-76(82)77-33-11-16-38-83(77)102)72-29-21-27-67(55-72)70-49-53-88-97(59-70)109-98-60-71(50-54-89(98)103(88)84-39-17-12-34-78(84)79-35-13-18-40-85(79)103)68-28-22-30-74(56-68)100-104-91(64-23-5-3-6-24-64)61-92(105-100)65-25-7-4-8-26-65/h3-62H,1-2H3. The van der Waals surface area contributed by atoms with Gasteiger partial charge < -0.3 is 9.47 Å². The molecule has 0 N–H and O–H groups in total. The maximum absolute atomic E-state index is 7.44. The number of benzene rings is 15. The van der Waals surface area contributed by atoms with E-state index in [1.807, 2.05) is 12.1 Å². The lowest BCUT2D eigenvalue weighted by atomic mass is 9.65. The molecule has 0 amide bonds. The Labute approximate surface area is 632 Å². The summed E-state index contributed by atoms with van der Waals surface area (Å²) in [5.41, 5.74) is 33.7.